The third-order valence-electron chi connectivity index (χ3n) is 3.69. The van der Waals surface area contributed by atoms with Gasteiger partial charge in [0.1, 0.15) is 0 Å². The number of ether oxygens (including phenoxy) is 1. The first-order valence-corrected chi connectivity index (χ1v) is 8.44. The molecule has 2 atom stereocenters. The van der Waals surface area contributed by atoms with Gasteiger partial charge in [-0.2, -0.15) is 11.8 Å². The van der Waals surface area contributed by atoms with Crippen LogP contribution in [0.15, 0.2) is 0 Å². The summed E-state index contributed by atoms with van der Waals surface area (Å²) in [4.78, 5) is 2.62. The van der Waals surface area contributed by atoms with Crippen LogP contribution in [0.3, 0.4) is 0 Å². The van der Waals surface area contributed by atoms with Crippen LogP contribution in [-0.2, 0) is 4.74 Å². The topological polar surface area (TPSA) is 24.5 Å². The van der Waals surface area contributed by atoms with E-state index in [2.05, 4.69) is 42.7 Å². The molecule has 0 bridgehead atoms. The smallest absolute Gasteiger partial charge is 0.0466 e. The van der Waals surface area contributed by atoms with Crippen molar-refractivity contribution >= 4 is 11.8 Å². The van der Waals surface area contributed by atoms with Gasteiger partial charge in [-0.3, -0.25) is 4.90 Å². The fraction of sp³-hybridized carbons (Fsp3) is 1.00. The molecule has 1 aliphatic rings. The van der Waals surface area contributed by atoms with E-state index >= 15 is 0 Å². The van der Waals surface area contributed by atoms with Gasteiger partial charge in [0, 0.05) is 49.9 Å². The van der Waals surface area contributed by atoms with Crippen molar-refractivity contribution < 1.29 is 4.74 Å². The predicted octanol–water partition coefficient (Wildman–Crippen LogP) is 2.22. The van der Waals surface area contributed by atoms with E-state index in [4.69, 9.17) is 4.74 Å². The highest BCUT2D eigenvalue weighted by Crippen LogP contribution is 2.23. The standard InChI is InChI=1S/C14H30N2OS/c1-4-17-11-6-5-7-15-8-9-16-10-12-18-14(3)13(16)2/h13-15H,4-12H2,1-3H3. The average Bonchev–Trinajstić information content (AvgIpc) is 2.37. The zero-order chi connectivity index (χ0) is 13.2. The number of hydrogen-bond acceptors (Lipinski definition) is 4. The van der Waals surface area contributed by atoms with Gasteiger partial charge < -0.3 is 10.1 Å². The second-order valence-corrected chi connectivity index (χ2v) is 6.49. The Kier molecular flexibility index (Phi) is 9.11. The highest BCUT2D eigenvalue weighted by molar-refractivity contribution is 8.00. The van der Waals surface area contributed by atoms with Crippen molar-refractivity contribution in [2.75, 3.05) is 45.1 Å². The van der Waals surface area contributed by atoms with E-state index in [0.717, 1.165) is 37.6 Å². The van der Waals surface area contributed by atoms with Gasteiger partial charge in [-0.15, -0.1) is 0 Å². The molecule has 1 heterocycles. The molecule has 0 aromatic carbocycles. The number of nitrogens with zero attached hydrogens (tertiary/aromatic N) is 1. The van der Waals surface area contributed by atoms with Crippen molar-refractivity contribution in [1.29, 1.82) is 0 Å². The minimum Gasteiger partial charge on any atom is -0.382 e. The molecule has 1 rings (SSSR count). The summed E-state index contributed by atoms with van der Waals surface area (Å²) in [5.41, 5.74) is 0. The molecular formula is C14H30N2OS. The quantitative estimate of drug-likeness (QED) is 0.652. The number of hydrogen-bond donors (Lipinski definition) is 1. The van der Waals surface area contributed by atoms with Crippen LogP contribution < -0.4 is 5.32 Å². The monoisotopic (exact) mass is 274 g/mol. The van der Waals surface area contributed by atoms with Crippen LogP contribution in [0.1, 0.15) is 33.6 Å². The second-order valence-electron chi connectivity index (χ2n) is 5.01. The third kappa shape index (κ3) is 6.41. The molecule has 0 aromatic rings. The van der Waals surface area contributed by atoms with Crippen molar-refractivity contribution in [2.24, 2.45) is 0 Å². The van der Waals surface area contributed by atoms with Crippen LogP contribution in [0, 0.1) is 0 Å². The minimum atomic E-state index is 0.725. The van der Waals surface area contributed by atoms with E-state index in [9.17, 15) is 0 Å². The molecule has 0 amide bonds. The summed E-state index contributed by atoms with van der Waals surface area (Å²) >= 11 is 2.11. The number of unbranched alkanes of at least 4 members (excludes halogenated alkanes) is 1. The van der Waals surface area contributed by atoms with Crippen LogP contribution in [-0.4, -0.2) is 61.3 Å². The first-order chi connectivity index (χ1) is 8.75. The van der Waals surface area contributed by atoms with Crippen LogP contribution in [0.25, 0.3) is 0 Å². The molecule has 0 aliphatic carbocycles. The summed E-state index contributed by atoms with van der Waals surface area (Å²) in [6.45, 7) is 13.2. The lowest BCUT2D eigenvalue weighted by molar-refractivity contribution is 0.143. The number of rotatable bonds is 9. The van der Waals surface area contributed by atoms with Gasteiger partial charge in [-0.1, -0.05) is 6.92 Å². The van der Waals surface area contributed by atoms with Gasteiger partial charge >= 0.3 is 0 Å². The Bertz CT molecular complexity index is 204. The first-order valence-electron chi connectivity index (χ1n) is 7.39. The summed E-state index contributed by atoms with van der Waals surface area (Å²) in [6, 6.07) is 0.725. The molecule has 1 saturated heterocycles. The largest absolute Gasteiger partial charge is 0.382 e. The maximum absolute atomic E-state index is 5.32. The SMILES string of the molecule is CCOCCCCNCCN1CCSC(C)C1C. The highest BCUT2D eigenvalue weighted by Gasteiger charge is 2.24. The Hall–Kier alpha value is 0.230. The molecule has 0 radical (unpaired) electrons. The molecule has 0 saturated carbocycles. The Labute approximate surface area is 117 Å². The third-order valence-corrected chi connectivity index (χ3v) is 5.02. The zero-order valence-corrected chi connectivity index (χ0v) is 13.1. The lowest BCUT2D eigenvalue weighted by Gasteiger charge is -2.37. The molecule has 0 spiro atoms. The summed E-state index contributed by atoms with van der Waals surface area (Å²) in [5.74, 6) is 1.29. The van der Waals surface area contributed by atoms with Crippen molar-refractivity contribution in [3.05, 3.63) is 0 Å². The maximum Gasteiger partial charge on any atom is 0.0466 e. The lowest BCUT2D eigenvalue weighted by Crippen LogP contribution is -2.47. The molecule has 2 unspecified atom stereocenters. The molecule has 1 fully saturated rings. The number of thioether (sulfide) groups is 1. The molecule has 108 valence electrons. The van der Waals surface area contributed by atoms with Crippen LogP contribution in [0.2, 0.25) is 0 Å². The highest BCUT2D eigenvalue weighted by atomic mass is 32.2. The van der Waals surface area contributed by atoms with E-state index in [1.165, 1.54) is 31.7 Å². The van der Waals surface area contributed by atoms with Crippen molar-refractivity contribution in [3.63, 3.8) is 0 Å². The summed E-state index contributed by atoms with van der Waals surface area (Å²) in [5, 5.41) is 4.32. The minimum absolute atomic E-state index is 0.725. The van der Waals surface area contributed by atoms with Crippen LogP contribution >= 0.6 is 11.8 Å². The lowest BCUT2D eigenvalue weighted by atomic mass is 10.2. The van der Waals surface area contributed by atoms with Gasteiger partial charge in [0.15, 0.2) is 0 Å². The summed E-state index contributed by atoms with van der Waals surface area (Å²) < 4.78 is 5.32. The summed E-state index contributed by atoms with van der Waals surface area (Å²) in [7, 11) is 0. The van der Waals surface area contributed by atoms with Gasteiger partial charge in [0.25, 0.3) is 0 Å². The molecule has 0 aromatic heterocycles. The molecule has 1 aliphatic heterocycles. The predicted molar refractivity (Wildman–Crippen MR) is 81.6 cm³/mol. The average molecular weight is 274 g/mol. The second kappa shape index (κ2) is 10.1. The Morgan fingerprint density at radius 3 is 2.89 bits per heavy atom. The Morgan fingerprint density at radius 1 is 1.28 bits per heavy atom. The fourth-order valence-corrected chi connectivity index (χ4v) is 3.42. The molecule has 18 heavy (non-hydrogen) atoms. The van der Waals surface area contributed by atoms with Crippen molar-refractivity contribution in [3.8, 4) is 0 Å². The normalized spacial score (nSPS) is 25.5. The van der Waals surface area contributed by atoms with Crippen molar-refractivity contribution in [1.82, 2.24) is 10.2 Å². The van der Waals surface area contributed by atoms with Gasteiger partial charge in [-0.05, 0) is 33.2 Å². The van der Waals surface area contributed by atoms with Crippen LogP contribution in [0.4, 0.5) is 0 Å². The van der Waals surface area contributed by atoms with E-state index < -0.39 is 0 Å². The molecule has 3 nitrogen and oxygen atoms in total. The maximum atomic E-state index is 5.32. The first kappa shape index (κ1) is 16.3. The van der Waals surface area contributed by atoms with E-state index in [1.54, 1.807) is 0 Å². The van der Waals surface area contributed by atoms with E-state index in [-0.39, 0.29) is 0 Å². The van der Waals surface area contributed by atoms with Crippen molar-refractivity contribution in [2.45, 2.75) is 44.9 Å². The Balaban J connectivity index is 1.94. The zero-order valence-electron chi connectivity index (χ0n) is 12.3. The molecule has 4 heteroatoms. The summed E-state index contributed by atoms with van der Waals surface area (Å²) in [6.07, 6.45) is 2.40. The van der Waals surface area contributed by atoms with Gasteiger partial charge in [-0.25, -0.2) is 0 Å². The van der Waals surface area contributed by atoms with Gasteiger partial charge in [0.05, 0.1) is 0 Å². The van der Waals surface area contributed by atoms with Gasteiger partial charge in [0.2, 0.25) is 0 Å². The van der Waals surface area contributed by atoms with E-state index in [0.29, 0.717) is 0 Å². The molecular weight excluding hydrogens is 244 g/mol. The molecule has 1 N–H and O–H groups in total. The number of nitrogens with one attached hydrogen (secondary N) is 1. The van der Waals surface area contributed by atoms with E-state index in [1.807, 2.05) is 0 Å². The Morgan fingerprint density at radius 2 is 2.11 bits per heavy atom. The van der Waals surface area contributed by atoms with Crippen LogP contribution in [0.5, 0.6) is 0 Å². The fourth-order valence-electron chi connectivity index (χ4n) is 2.26.